The molecule has 2 aromatic heterocycles. The van der Waals surface area contributed by atoms with E-state index in [2.05, 4.69) is 126 Å². The molecule has 4 nitrogen and oxygen atoms in total. The van der Waals surface area contributed by atoms with Crippen LogP contribution in [0, 0.1) is 0 Å². The molecule has 296 valence electrons. The molecule has 0 bridgehead atoms. The van der Waals surface area contributed by atoms with Crippen LogP contribution in [-0.4, -0.2) is 19.6 Å². The van der Waals surface area contributed by atoms with Gasteiger partial charge in [-0.3, -0.25) is 9.55 Å². The number of aromatic hydroxyl groups is 1. The summed E-state index contributed by atoms with van der Waals surface area (Å²) in [6.45, 7) is 18.7. The molecule has 0 radical (unpaired) electrons. The zero-order valence-electron chi connectivity index (χ0n) is 41.4. The van der Waals surface area contributed by atoms with E-state index in [1.54, 1.807) is 18.3 Å². The minimum absolute atomic E-state index is 0.0455. The maximum Gasteiger partial charge on any atom is 0.149 e. The number of aromatic nitrogens is 3. The minimum atomic E-state index is -0.927. The van der Waals surface area contributed by atoms with E-state index in [1.807, 2.05) is 38.1 Å². The van der Waals surface area contributed by atoms with Gasteiger partial charge >= 0.3 is 0 Å². The predicted molar refractivity (Wildman–Crippen MR) is 249 cm³/mol. The fraction of sp³-hybridized carbons (Fsp3) is 0.236. The zero-order chi connectivity index (χ0) is 46.9. The highest BCUT2D eigenvalue weighted by molar-refractivity contribution is 5.97. The maximum absolute atomic E-state index is 12.2. The van der Waals surface area contributed by atoms with Gasteiger partial charge in [-0.25, -0.2) is 4.98 Å². The highest BCUT2D eigenvalue weighted by Gasteiger charge is 2.25. The average Bonchev–Trinajstić information content (AvgIpc) is 3.67. The molecule has 0 saturated heterocycles. The van der Waals surface area contributed by atoms with Crippen LogP contribution in [0.3, 0.4) is 0 Å². The number of phenolic OH excluding ortho intramolecular Hbond substituents is 1. The third-order valence-electron chi connectivity index (χ3n) is 11.2. The van der Waals surface area contributed by atoms with Gasteiger partial charge in [0.2, 0.25) is 0 Å². The van der Waals surface area contributed by atoms with E-state index in [1.165, 1.54) is 0 Å². The van der Waals surface area contributed by atoms with Crippen molar-refractivity contribution < 1.29 is 13.3 Å². The first kappa shape index (κ1) is 32.7. The number of nitrogens with zero attached hydrogens (tertiary/aromatic N) is 3. The molecule has 0 unspecified atom stereocenters. The number of fused-ring (bicyclic) bond motifs is 1. The van der Waals surface area contributed by atoms with Crippen LogP contribution in [0.5, 0.6) is 5.75 Å². The summed E-state index contributed by atoms with van der Waals surface area (Å²) < 4.78 is 53.5. The number of hydrogen-bond acceptors (Lipinski definition) is 3. The van der Waals surface area contributed by atoms with Gasteiger partial charge < -0.3 is 5.11 Å². The summed E-state index contributed by atoms with van der Waals surface area (Å²) in [5.41, 5.74) is 12.2. The summed E-state index contributed by atoms with van der Waals surface area (Å²) in [4.78, 5) is 10.3. The molecule has 0 fully saturated rings. The van der Waals surface area contributed by atoms with Crippen LogP contribution in [0.25, 0.3) is 72.7 Å². The lowest BCUT2D eigenvalue weighted by molar-refractivity contribution is 0.466. The zero-order valence-corrected chi connectivity index (χ0v) is 35.4. The molecule has 2 heterocycles. The van der Waals surface area contributed by atoms with Crippen molar-refractivity contribution in [3.8, 4) is 67.5 Å². The summed E-state index contributed by atoms with van der Waals surface area (Å²) in [7, 11) is 0. The van der Waals surface area contributed by atoms with Gasteiger partial charge in [0.25, 0.3) is 0 Å². The Morgan fingerprint density at radius 3 is 2.07 bits per heavy atom. The third kappa shape index (κ3) is 7.84. The van der Waals surface area contributed by atoms with Gasteiger partial charge in [-0.15, -0.1) is 0 Å². The van der Waals surface area contributed by atoms with E-state index in [0.29, 0.717) is 22.6 Å². The minimum Gasteiger partial charge on any atom is -0.507 e. The normalized spacial score (nSPS) is 13.6. The molecule has 0 spiro atoms. The Morgan fingerprint density at radius 2 is 1.37 bits per heavy atom. The molecule has 0 amide bonds. The van der Waals surface area contributed by atoms with Crippen molar-refractivity contribution in [1.29, 1.82) is 0 Å². The van der Waals surface area contributed by atoms with Crippen molar-refractivity contribution in [2.45, 2.75) is 85.5 Å². The first-order valence-electron chi connectivity index (χ1n) is 23.4. The second-order valence-corrected chi connectivity index (χ2v) is 17.4. The fourth-order valence-electron chi connectivity index (χ4n) is 7.73. The molecular weight excluding hydrogens is 719 g/mol. The molecule has 1 N–H and O–H groups in total. The van der Waals surface area contributed by atoms with Gasteiger partial charge in [0.15, 0.2) is 0 Å². The monoisotopic (exact) mass is 779 g/mol. The largest absolute Gasteiger partial charge is 0.507 e. The number of para-hydroxylation sites is 1. The lowest BCUT2D eigenvalue weighted by Gasteiger charge is -2.22. The molecule has 6 aromatic carbocycles. The van der Waals surface area contributed by atoms with Gasteiger partial charge in [0.1, 0.15) is 11.6 Å². The van der Waals surface area contributed by atoms with Crippen molar-refractivity contribution in [3.05, 3.63) is 168 Å². The molecule has 0 aliphatic heterocycles. The highest BCUT2D eigenvalue weighted by Crippen LogP contribution is 2.44. The number of hydrogen-bond donors (Lipinski definition) is 1. The van der Waals surface area contributed by atoms with Crippen molar-refractivity contribution in [3.63, 3.8) is 0 Å². The van der Waals surface area contributed by atoms with Gasteiger partial charge in [-0.05, 0) is 122 Å². The Kier molecular flexibility index (Phi) is 8.76. The molecule has 0 aliphatic rings. The standard InChI is InChI=1S/C55H55N3O/c1-34(2)40-25-42(38-19-14-11-15-20-38)30-46(29-40)58-51-22-16-21-47(52(51)57-54(58)49-32-41(35(3)4)31-48(36(5)6)53(49)59)43-26-44(28-45(27-43)55(7,8)9)50-33-39(23-24-56-50)37-17-12-10-13-18-37/h10-36,59H,1-9H3/i10D,12D,13D,17D,18D,34D. The quantitative estimate of drug-likeness (QED) is 0.159. The second-order valence-electron chi connectivity index (χ2n) is 17.4. The average molecular weight is 780 g/mol. The van der Waals surface area contributed by atoms with Gasteiger partial charge in [-0.1, -0.05) is 153 Å². The summed E-state index contributed by atoms with van der Waals surface area (Å²) in [6.07, 6.45) is 1.61. The SMILES string of the molecule is [2H]c1c([2H])c([2H])c(-c2ccnc(-c3cc(-c4cccc5c4nc(-c4cc(C(C)C)cc(C(C)C)c4O)n5-c4cc(-c5ccccc5)cc(C([2H])(C)C)c4)cc(C(C)(C)C)c3)c2)c([2H])c1[2H]. The van der Waals surface area contributed by atoms with Gasteiger partial charge in [0, 0.05) is 24.4 Å². The number of benzene rings is 6. The second kappa shape index (κ2) is 15.8. The Bertz CT molecular complexity index is 3110. The highest BCUT2D eigenvalue weighted by atomic mass is 16.3. The van der Waals surface area contributed by atoms with Crippen LogP contribution in [0.4, 0.5) is 0 Å². The summed E-state index contributed by atoms with van der Waals surface area (Å²) in [5, 5.41) is 12.2. The maximum atomic E-state index is 12.2. The van der Waals surface area contributed by atoms with E-state index in [0.717, 1.165) is 66.8 Å². The molecular formula is C55H55N3O. The molecule has 0 atom stereocenters. The van der Waals surface area contributed by atoms with Crippen LogP contribution in [-0.2, 0) is 5.41 Å². The number of pyridine rings is 1. The predicted octanol–water partition coefficient (Wildman–Crippen LogP) is 15.1. The van der Waals surface area contributed by atoms with E-state index in [-0.39, 0.29) is 52.7 Å². The van der Waals surface area contributed by atoms with Crippen molar-refractivity contribution in [2.75, 3.05) is 0 Å². The molecule has 0 aliphatic carbocycles. The molecule has 8 aromatic rings. The molecule has 4 heteroatoms. The Labute approximate surface area is 358 Å². The summed E-state index contributed by atoms with van der Waals surface area (Å²) in [5.74, 6) is 0.0645. The molecule has 8 rings (SSSR count). The number of phenols is 1. The lowest BCUT2D eigenvalue weighted by atomic mass is 9.83. The first-order chi connectivity index (χ1) is 30.6. The molecule has 59 heavy (non-hydrogen) atoms. The Morgan fingerprint density at radius 1 is 0.627 bits per heavy atom. The first-order valence-corrected chi connectivity index (χ1v) is 20.4. The fourth-order valence-corrected chi connectivity index (χ4v) is 7.73. The summed E-state index contributed by atoms with van der Waals surface area (Å²) in [6, 6.07) is 34.8. The van der Waals surface area contributed by atoms with E-state index in [4.69, 9.17) is 16.8 Å². The van der Waals surface area contributed by atoms with Crippen LogP contribution in [0.2, 0.25) is 0 Å². The lowest BCUT2D eigenvalue weighted by Crippen LogP contribution is -2.11. The van der Waals surface area contributed by atoms with E-state index >= 15 is 0 Å². The Balaban J connectivity index is 1.43. The number of rotatable bonds is 9. The summed E-state index contributed by atoms with van der Waals surface area (Å²) >= 11 is 0. The molecule has 0 saturated carbocycles. The number of imidazole rings is 1. The van der Waals surface area contributed by atoms with E-state index < -0.39 is 11.9 Å². The van der Waals surface area contributed by atoms with Gasteiger partial charge in [-0.2, -0.15) is 0 Å². The van der Waals surface area contributed by atoms with Crippen LogP contribution < -0.4 is 0 Å². The Hall–Kier alpha value is -6.26. The smallest absolute Gasteiger partial charge is 0.149 e. The topological polar surface area (TPSA) is 50.9 Å². The van der Waals surface area contributed by atoms with Crippen molar-refractivity contribution >= 4 is 11.0 Å². The van der Waals surface area contributed by atoms with Crippen LogP contribution >= 0.6 is 0 Å². The van der Waals surface area contributed by atoms with Gasteiger partial charge in [0.05, 0.1) is 29.1 Å². The third-order valence-corrected chi connectivity index (χ3v) is 11.2. The van der Waals surface area contributed by atoms with Crippen LogP contribution in [0.1, 0.15) is 111 Å². The van der Waals surface area contributed by atoms with Crippen molar-refractivity contribution in [1.82, 2.24) is 14.5 Å². The van der Waals surface area contributed by atoms with Crippen molar-refractivity contribution in [2.24, 2.45) is 0 Å². The van der Waals surface area contributed by atoms with Crippen LogP contribution in [0.15, 0.2) is 146 Å². The van der Waals surface area contributed by atoms with E-state index in [9.17, 15) is 6.48 Å².